The molecule has 1 aliphatic rings. The predicted octanol–water partition coefficient (Wildman–Crippen LogP) is 4.48. The molecule has 0 radical (unpaired) electrons. The van der Waals surface area contributed by atoms with Gasteiger partial charge in [0, 0.05) is 26.1 Å². The van der Waals surface area contributed by atoms with E-state index in [-0.39, 0.29) is 11.3 Å². The van der Waals surface area contributed by atoms with Crippen LogP contribution in [0.4, 0.5) is 11.4 Å². The summed E-state index contributed by atoms with van der Waals surface area (Å²) in [6.07, 6.45) is 0.569. The standard InChI is InChI=1S/C21H26N2O/c1-21(2,3)15-20(24)23-14-13-22(16-17-9-5-4-6-10-17)18-11-7-8-12-19(18)23/h4-12H,13-16H2,1-3H3. The summed E-state index contributed by atoms with van der Waals surface area (Å²) in [5.41, 5.74) is 3.48. The van der Waals surface area contributed by atoms with E-state index >= 15 is 0 Å². The molecule has 126 valence electrons. The smallest absolute Gasteiger partial charge is 0.227 e. The highest BCUT2D eigenvalue weighted by Gasteiger charge is 2.28. The highest BCUT2D eigenvalue weighted by Crippen LogP contribution is 2.35. The lowest BCUT2D eigenvalue weighted by molar-refractivity contribution is -0.120. The predicted molar refractivity (Wildman–Crippen MR) is 100 cm³/mol. The molecule has 0 bridgehead atoms. The molecular weight excluding hydrogens is 296 g/mol. The Morgan fingerprint density at radius 1 is 0.917 bits per heavy atom. The molecule has 0 aromatic heterocycles. The second-order valence-corrected chi connectivity index (χ2v) is 7.68. The maximum absolute atomic E-state index is 12.7. The van der Waals surface area contributed by atoms with E-state index in [0.29, 0.717) is 6.42 Å². The summed E-state index contributed by atoms with van der Waals surface area (Å²) in [5, 5.41) is 0. The highest BCUT2D eigenvalue weighted by molar-refractivity contribution is 5.98. The van der Waals surface area contributed by atoms with E-state index in [1.165, 1.54) is 5.56 Å². The zero-order chi connectivity index (χ0) is 17.2. The minimum Gasteiger partial charge on any atom is -0.364 e. The van der Waals surface area contributed by atoms with E-state index in [9.17, 15) is 4.79 Å². The zero-order valence-electron chi connectivity index (χ0n) is 14.8. The Morgan fingerprint density at radius 3 is 2.21 bits per heavy atom. The number of para-hydroxylation sites is 2. The lowest BCUT2D eigenvalue weighted by atomic mass is 9.91. The Bertz CT molecular complexity index is 703. The lowest BCUT2D eigenvalue weighted by Crippen LogP contribution is -2.44. The summed E-state index contributed by atoms with van der Waals surface area (Å²) < 4.78 is 0. The van der Waals surface area contributed by atoms with Crippen molar-refractivity contribution in [2.75, 3.05) is 22.9 Å². The second kappa shape index (κ2) is 6.68. The van der Waals surface area contributed by atoms with Crippen LogP contribution in [-0.2, 0) is 11.3 Å². The van der Waals surface area contributed by atoms with E-state index in [1.807, 2.05) is 17.0 Å². The normalized spacial score (nSPS) is 14.5. The fraction of sp³-hybridized carbons (Fsp3) is 0.381. The molecule has 2 aromatic carbocycles. The van der Waals surface area contributed by atoms with Crippen LogP contribution in [0.5, 0.6) is 0 Å². The Morgan fingerprint density at radius 2 is 1.54 bits per heavy atom. The Kier molecular flexibility index (Phi) is 4.61. The van der Waals surface area contributed by atoms with E-state index < -0.39 is 0 Å². The summed E-state index contributed by atoms with van der Waals surface area (Å²) >= 11 is 0. The molecule has 1 heterocycles. The number of fused-ring (bicyclic) bond motifs is 1. The van der Waals surface area contributed by atoms with Crippen molar-refractivity contribution in [3.8, 4) is 0 Å². The summed E-state index contributed by atoms with van der Waals surface area (Å²) in [6, 6.07) is 18.7. The minimum atomic E-state index is 0.00714. The number of carbonyl (C=O) groups is 1. The number of hydrogen-bond donors (Lipinski definition) is 0. The third-order valence-electron chi connectivity index (χ3n) is 4.31. The van der Waals surface area contributed by atoms with Gasteiger partial charge in [0.05, 0.1) is 11.4 Å². The molecule has 0 aliphatic carbocycles. The van der Waals surface area contributed by atoms with Crippen molar-refractivity contribution in [2.24, 2.45) is 5.41 Å². The number of benzene rings is 2. The minimum absolute atomic E-state index is 0.00714. The van der Waals surface area contributed by atoms with Crippen molar-refractivity contribution in [1.29, 1.82) is 0 Å². The molecule has 3 nitrogen and oxygen atoms in total. The molecule has 0 saturated heterocycles. The second-order valence-electron chi connectivity index (χ2n) is 7.68. The molecule has 3 rings (SSSR count). The number of hydrogen-bond acceptors (Lipinski definition) is 2. The fourth-order valence-corrected chi connectivity index (χ4v) is 3.20. The van der Waals surface area contributed by atoms with E-state index in [4.69, 9.17) is 0 Å². The van der Waals surface area contributed by atoms with Gasteiger partial charge in [0.2, 0.25) is 5.91 Å². The van der Waals surface area contributed by atoms with Gasteiger partial charge in [-0.05, 0) is 23.1 Å². The van der Waals surface area contributed by atoms with Gasteiger partial charge in [0.15, 0.2) is 0 Å². The van der Waals surface area contributed by atoms with Crippen molar-refractivity contribution in [2.45, 2.75) is 33.7 Å². The number of rotatable bonds is 3. The highest BCUT2D eigenvalue weighted by atomic mass is 16.2. The van der Waals surface area contributed by atoms with Crippen molar-refractivity contribution < 1.29 is 4.79 Å². The maximum atomic E-state index is 12.7. The lowest BCUT2D eigenvalue weighted by Gasteiger charge is -2.38. The first-order valence-corrected chi connectivity index (χ1v) is 8.62. The van der Waals surface area contributed by atoms with Crippen molar-refractivity contribution in [3.63, 3.8) is 0 Å². The van der Waals surface area contributed by atoms with Crippen LogP contribution in [0, 0.1) is 5.41 Å². The van der Waals surface area contributed by atoms with Gasteiger partial charge in [0.25, 0.3) is 0 Å². The summed E-state index contributed by atoms with van der Waals surface area (Å²) in [6.45, 7) is 8.83. The third kappa shape index (κ3) is 3.78. The third-order valence-corrected chi connectivity index (χ3v) is 4.31. The molecule has 0 N–H and O–H groups in total. The number of nitrogens with zero attached hydrogens (tertiary/aromatic N) is 2. The zero-order valence-corrected chi connectivity index (χ0v) is 14.8. The Labute approximate surface area is 144 Å². The Balaban J connectivity index is 1.84. The van der Waals surface area contributed by atoms with Crippen LogP contribution in [0.25, 0.3) is 0 Å². The van der Waals surface area contributed by atoms with Crippen LogP contribution < -0.4 is 9.80 Å². The topological polar surface area (TPSA) is 23.6 Å². The van der Waals surface area contributed by atoms with Gasteiger partial charge in [-0.3, -0.25) is 4.79 Å². The molecule has 0 unspecified atom stereocenters. The van der Waals surface area contributed by atoms with Gasteiger partial charge >= 0.3 is 0 Å². The van der Waals surface area contributed by atoms with Crippen LogP contribution in [0.15, 0.2) is 54.6 Å². The molecule has 0 atom stereocenters. The van der Waals surface area contributed by atoms with Gasteiger partial charge in [-0.25, -0.2) is 0 Å². The Hall–Kier alpha value is -2.29. The molecule has 24 heavy (non-hydrogen) atoms. The molecule has 2 aromatic rings. The SMILES string of the molecule is CC(C)(C)CC(=O)N1CCN(Cc2ccccc2)c2ccccc21. The number of amides is 1. The summed E-state index contributed by atoms with van der Waals surface area (Å²) in [4.78, 5) is 17.1. The fourth-order valence-electron chi connectivity index (χ4n) is 3.20. The van der Waals surface area contributed by atoms with Gasteiger partial charge in [-0.15, -0.1) is 0 Å². The average Bonchev–Trinajstić information content (AvgIpc) is 2.54. The molecule has 0 spiro atoms. The average molecular weight is 322 g/mol. The van der Waals surface area contributed by atoms with Crippen LogP contribution in [0.3, 0.4) is 0 Å². The largest absolute Gasteiger partial charge is 0.364 e. The first kappa shape index (κ1) is 16.6. The van der Waals surface area contributed by atoms with Crippen LogP contribution in [0.2, 0.25) is 0 Å². The first-order valence-electron chi connectivity index (χ1n) is 8.62. The van der Waals surface area contributed by atoms with E-state index in [1.54, 1.807) is 0 Å². The monoisotopic (exact) mass is 322 g/mol. The number of carbonyl (C=O) groups excluding carboxylic acids is 1. The van der Waals surface area contributed by atoms with Crippen molar-refractivity contribution in [3.05, 3.63) is 60.2 Å². The molecule has 0 saturated carbocycles. The molecule has 1 amide bonds. The number of anilines is 2. The van der Waals surface area contributed by atoms with Crippen molar-refractivity contribution >= 4 is 17.3 Å². The van der Waals surface area contributed by atoms with Crippen LogP contribution >= 0.6 is 0 Å². The molecular formula is C21H26N2O. The van der Waals surface area contributed by atoms with E-state index in [2.05, 4.69) is 68.1 Å². The summed E-state index contributed by atoms with van der Waals surface area (Å²) in [5.74, 6) is 0.217. The van der Waals surface area contributed by atoms with Gasteiger partial charge in [0.1, 0.15) is 0 Å². The quantitative estimate of drug-likeness (QED) is 0.832. The van der Waals surface area contributed by atoms with Crippen LogP contribution in [0.1, 0.15) is 32.8 Å². The first-order chi connectivity index (χ1) is 11.4. The maximum Gasteiger partial charge on any atom is 0.227 e. The molecule has 0 fully saturated rings. The van der Waals surface area contributed by atoms with Crippen LogP contribution in [-0.4, -0.2) is 19.0 Å². The molecule has 3 heteroatoms. The molecule has 1 aliphatic heterocycles. The van der Waals surface area contributed by atoms with Gasteiger partial charge < -0.3 is 9.80 Å². The van der Waals surface area contributed by atoms with E-state index in [0.717, 1.165) is 31.0 Å². The van der Waals surface area contributed by atoms with Gasteiger partial charge in [-0.1, -0.05) is 63.2 Å². The van der Waals surface area contributed by atoms with Gasteiger partial charge in [-0.2, -0.15) is 0 Å². The van der Waals surface area contributed by atoms with Crippen molar-refractivity contribution in [1.82, 2.24) is 0 Å². The summed E-state index contributed by atoms with van der Waals surface area (Å²) in [7, 11) is 0.